The maximum atomic E-state index is 12.8. The molecule has 0 unspecified atom stereocenters. The molecule has 1 fully saturated rings. The van der Waals surface area contributed by atoms with Crippen LogP contribution >= 0.6 is 11.5 Å². The molecule has 1 aromatic rings. The minimum absolute atomic E-state index is 0.00418. The van der Waals surface area contributed by atoms with E-state index in [0.717, 1.165) is 0 Å². The van der Waals surface area contributed by atoms with Crippen molar-refractivity contribution in [3.8, 4) is 0 Å². The number of primary amides is 1. The normalized spacial score (nSPS) is 18.6. The Balaban J connectivity index is 2.21. The van der Waals surface area contributed by atoms with Crippen LogP contribution in [0.3, 0.4) is 0 Å². The zero-order valence-electron chi connectivity index (χ0n) is 18.0. The van der Waals surface area contributed by atoms with Crippen molar-refractivity contribution >= 4 is 56.6 Å². The number of amides is 3. The van der Waals surface area contributed by atoms with Crippen molar-refractivity contribution in [2.45, 2.75) is 38.5 Å². The van der Waals surface area contributed by atoms with Crippen molar-refractivity contribution in [1.82, 2.24) is 19.0 Å². The first-order valence-electron chi connectivity index (χ1n) is 9.15. The van der Waals surface area contributed by atoms with Crippen LogP contribution in [0.2, 0.25) is 0 Å². The molecule has 2 rings (SSSR count). The number of hydrogen-bond acceptors (Lipinski definition) is 14. The third-order valence-corrected chi connectivity index (χ3v) is 5.22. The molecule has 1 aromatic heterocycles. The summed E-state index contributed by atoms with van der Waals surface area (Å²) in [5.74, 6) is -3.51. The number of ether oxygens (including phenoxy) is 2. The number of carbonyl (C=O) groups excluding carboxylic acids is 4. The fourth-order valence-electron chi connectivity index (χ4n) is 2.54. The van der Waals surface area contributed by atoms with Crippen LogP contribution in [0.4, 0.5) is 9.93 Å². The number of nitrogens with one attached hydrogen (secondary N) is 1. The minimum atomic E-state index is -5.03. The van der Waals surface area contributed by atoms with Gasteiger partial charge >= 0.3 is 22.4 Å². The van der Waals surface area contributed by atoms with Crippen LogP contribution in [0.25, 0.3) is 0 Å². The first-order valence-corrected chi connectivity index (χ1v) is 11.3. The largest absolute Gasteiger partial charge is 0.457 e. The quantitative estimate of drug-likeness (QED) is 0.0880. The molecule has 0 saturated carbocycles. The fourth-order valence-corrected chi connectivity index (χ4v) is 3.84. The van der Waals surface area contributed by atoms with Crippen molar-refractivity contribution < 1.29 is 46.5 Å². The van der Waals surface area contributed by atoms with Gasteiger partial charge in [0.05, 0.1) is 0 Å². The number of aromatic nitrogens is 2. The van der Waals surface area contributed by atoms with Crippen molar-refractivity contribution in [3.05, 3.63) is 5.82 Å². The van der Waals surface area contributed by atoms with Gasteiger partial charge in [-0.1, -0.05) is 5.16 Å². The van der Waals surface area contributed by atoms with Crippen LogP contribution in [0.5, 0.6) is 0 Å². The molecule has 34 heavy (non-hydrogen) atoms. The van der Waals surface area contributed by atoms with Gasteiger partial charge in [-0.05, 0) is 20.8 Å². The smallest absolute Gasteiger partial charge is 0.404 e. The lowest BCUT2D eigenvalue weighted by Crippen LogP contribution is -2.73. The summed E-state index contributed by atoms with van der Waals surface area (Å²) < 4.78 is 45.4. The molecular formula is C15H21N7O10S2. The molecule has 0 aliphatic carbocycles. The summed E-state index contributed by atoms with van der Waals surface area (Å²) in [6.07, 6.45) is -1.29. The van der Waals surface area contributed by atoms with E-state index in [-0.39, 0.29) is 15.3 Å². The third kappa shape index (κ3) is 6.96. The van der Waals surface area contributed by atoms with E-state index < -0.39 is 70.8 Å². The number of nitrogens with two attached hydrogens (primary N) is 2. The molecular weight excluding hydrogens is 502 g/mol. The number of nitrogen functional groups attached to an aromatic ring is 1. The first kappa shape index (κ1) is 26.7. The summed E-state index contributed by atoms with van der Waals surface area (Å²) in [4.78, 5) is 56.3. The van der Waals surface area contributed by atoms with E-state index in [1.54, 1.807) is 20.8 Å². The number of esters is 1. The van der Waals surface area contributed by atoms with Crippen LogP contribution in [0, 0.1) is 0 Å². The molecule has 0 aromatic carbocycles. The molecule has 1 aliphatic heterocycles. The Labute approximate surface area is 196 Å². The first-order chi connectivity index (χ1) is 15.6. The number of carbonyl (C=O) groups is 4. The van der Waals surface area contributed by atoms with Crippen LogP contribution in [-0.2, 0) is 39.0 Å². The van der Waals surface area contributed by atoms with Gasteiger partial charge in [0.15, 0.2) is 5.13 Å². The highest BCUT2D eigenvalue weighted by atomic mass is 32.2. The van der Waals surface area contributed by atoms with Gasteiger partial charge in [-0.15, -0.1) is 0 Å². The topological polar surface area (TPSA) is 256 Å². The summed E-state index contributed by atoms with van der Waals surface area (Å²) >= 11 is 0.702. The standard InChI is InChI=1S/C15H21N7O10S2/c1-15(2,3)32-7(23)5-31-20-9(10-19-13(16)33-21-10)11(24)18-8-6(4-30-14(17)26)22(12(8)25)34(27,28)29/h6,8H,4-5H2,1-3H3,(H2,17,26)(H,18,24)(H2,16,19,21)(H,27,28,29)/b20-9-/t6-,8+/m1/s1. The summed E-state index contributed by atoms with van der Waals surface area (Å²) in [6, 6.07) is -3.10. The molecule has 1 aliphatic rings. The number of nitrogens with zero attached hydrogens (tertiary/aromatic N) is 4. The van der Waals surface area contributed by atoms with E-state index in [9.17, 15) is 32.1 Å². The molecule has 0 spiro atoms. The van der Waals surface area contributed by atoms with Crippen molar-refractivity contribution in [3.63, 3.8) is 0 Å². The Kier molecular flexibility index (Phi) is 7.95. The molecule has 19 heteroatoms. The van der Waals surface area contributed by atoms with Crippen molar-refractivity contribution in [2.75, 3.05) is 18.9 Å². The van der Waals surface area contributed by atoms with E-state index in [1.807, 2.05) is 0 Å². The van der Waals surface area contributed by atoms with Crippen LogP contribution in [0.1, 0.15) is 26.6 Å². The number of hydrogen-bond donors (Lipinski definition) is 4. The van der Waals surface area contributed by atoms with Crippen molar-refractivity contribution in [2.24, 2.45) is 10.9 Å². The second-order valence-electron chi connectivity index (χ2n) is 7.52. The summed E-state index contributed by atoms with van der Waals surface area (Å²) in [7, 11) is -5.03. The second-order valence-corrected chi connectivity index (χ2v) is 9.59. The molecule has 6 N–H and O–H groups in total. The minimum Gasteiger partial charge on any atom is -0.457 e. The second kappa shape index (κ2) is 10.1. The molecule has 17 nitrogen and oxygen atoms in total. The van der Waals surface area contributed by atoms with Gasteiger partial charge in [0.2, 0.25) is 18.1 Å². The molecule has 2 heterocycles. The molecule has 0 bridgehead atoms. The average Bonchev–Trinajstić information content (AvgIpc) is 3.09. The highest BCUT2D eigenvalue weighted by Crippen LogP contribution is 2.24. The van der Waals surface area contributed by atoms with Gasteiger partial charge in [0.1, 0.15) is 24.3 Å². The molecule has 0 radical (unpaired) electrons. The predicted molar refractivity (Wildman–Crippen MR) is 112 cm³/mol. The van der Waals surface area contributed by atoms with E-state index in [0.29, 0.717) is 11.5 Å². The lowest BCUT2D eigenvalue weighted by Gasteiger charge is -2.43. The highest BCUT2D eigenvalue weighted by molar-refractivity contribution is 7.84. The maximum Gasteiger partial charge on any atom is 0.404 e. The highest BCUT2D eigenvalue weighted by Gasteiger charge is 2.55. The number of oxime groups is 1. The Morgan fingerprint density at radius 1 is 1.32 bits per heavy atom. The van der Waals surface area contributed by atoms with E-state index in [2.05, 4.69) is 24.6 Å². The third-order valence-electron chi connectivity index (χ3n) is 3.73. The molecule has 2 atom stereocenters. The van der Waals surface area contributed by atoms with Crippen LogP contribution < -0.4 is 16.8 Å². The zero-order chi connectivity index (χ0) is 25.8. The lowest BCUT2D eigenvalue weighted by molar-refractivity contribution is -0.160. The zero-order valence-corrected chi connectivity index (χ0v) is 19.6. The van der Waals surface area contributed by atoms with E-state index in [4.69, 9.17) is 21.0 Å². The number of anilines is 1. The van der Waals surface area contributed by atoms with Crippen molar-refractivity contribution in [1.29, 1.82) is 0 Å². The number of β-lactam (4-membered cyclic amide) rings is 1. The predicted octanol–water partition coefficient (Wildman–Crippen LogP) is -2.22. The molecule has 3 amide bonds. The lowest BCUT2D eigenvalue weighted by atomic mass is 9.99. The van der Waals surface area contributed by atoms with E-state index in [1.165, 1.54) is 0 Å². The molecule has 1 saturated heterocycles. The van der Waals surface area contributed by atoms with Gasteiger partial charge in [0.25, 0.3) is 11.8 Å². The Hall–Kier alpha value is -3.58. The summed E-state index contributed by atoms with van der Waals surface area (Å²) in [5.41, 5.74) is 8.92. The molecule has 188 valence electrons. The van der Waals surface area contributed by atoms with Gasteiger partial charge in [-0.3, -0.25) is 14.1 Å². The number of rotatable bonds is 9. The Morgan fingerprint density at radius 3 is 2.47 bits per heavy atom. The Morgan fingerprint density at radius 2 is 1.97 bits per heavy atom. The van der Waals surface area contributed by atoms with Gasteiger partial charge in [-0.25, -0.2) is 13.9 Å². The van der Waals surface area contributed by atoms with Gasteiger partial charge in [0, 0.05) is 11.5 Å². The summed E-state index contributed by atoms with van der Waals surface area (Å²) in [5, 5.41) is 5.61. The van der Waals surface area contributed by atoms with E-state index >= 15 is 0 Å². The maximum absolute atomic E-state index is 12.8. The van der Waals surface area contributed by atoms with Gasteiger partial charge < -0.3 is 31.1 Å². The average molecular weight is 524 g/mol. The van der Waals surface area contributed by atoms with Crippen LogP contribution in [-0.4, -0.2) is 87.1 Å². The Bertz CT molecular complexity index is 1110. The van der Waals surface area contributed by atoms with Crippen LogP contribution in [0.15, 0.2) is 5.16 Å². The monoisotopic (exact) mass is 523 g/mol. The SMILES string of the molecule is CC(C)(C)OC(=O)CO/N=C(\C(=O)N[C@@H]1C(=O)N(S(=O)(=O)O)[C@@H]1COC(N)=O)c1nsc(N)n1. The fraction of sp³-hybridized carbons (Fsp3) is 0.533. The van der Waals surface area contributed by atoms with Gasteiger partial charge in [-0.2, -0.15) is 17.8 Å². The summed E-state index contributed by atoms with van der Waals surface area (Å²) in [6.45, 7) is 3.41.